The van der Waals surface area contributed by atoms with E-state index in [-0.39, 0.29) is 0 Å². The van der Waals surface area contributed by atoms with Crippen molar-refractivity contribution in [3.8, 4) is 0 Å². The minimum atomic E-state index is 0.690. The standard InChI is InChI=1S/C14H22N/c1-5-11-15(4,12-13(2)3)14-9-7-6-8-10-14/h5-10,13H,1,11-12H2,2-4H3/q+1/t15-/m0/s1. The number of hydrogen-bond donors (Lipinski definition) is 0. The van der Waals surface area contributed by atoms with Crippen LogP contribution in [0.1, 0.15) is 13.8 Å². The van der Waals surface area contributed by atoms with E-state index in [1.54, 1.807) is 0 Å². The van der Waals surface area contributed by atoms with Crippen LogP contribution in [0.25, 0.3) is 0 Å². The molecule has 0 spiro atoms. The second kappa shape index (κ2) is 5.13. The highest BCUT2D eigenvalue weighted by atomic mass is 15.3. The van der Waals surface area contributed by atoms with Crippen LogP contribution >= 0.6 is 0 Å². The van der Waals surface area contributed by atoms with Crippen molar-refractivity contribution >= 4 is 5.69 Å². The van der Waals surface area contributed by atoms with Crippen LogP contribution in [0, 0.1) is 5.92 Å². The summed E-state index contributed by atoms with van der Waals surface area (Å²) in [6, 6.07) is 10.7. The molecular formula is C14H22N+. The number of rotatable bonds is 5. The van der Waals surface area contributed by atoms with E-state index < -0.39 is 0 Å². The first-order valence-corrected chi connectivity index (χ1v) is 5.59. The molecule has 1 aromatic rings. The van der Waals surface area contributed by atoms with Gasteiger partial charge in [-0.1, -0.05) is 38.6 Å². The summed E-state index contributed by atoms with van der Waals surface area (Å²) in [5.74, 6) is 0.690. The third-order valence-electron chi connectivity index (χ3n) is 2.68. The van der Waals surface area contributed by atoms with Crippen molar-refractivity contribution < 1.29 is 0 Å². The Morgan fingerprint density at radius 1 is 1.27 bits per heavy atom. The highest BCUT2D eigenvalue weighted by Crippen LogP contribution is 2.22. The Labute approximate surface area is 93.6 Å². The van der Waals surface area contributed by atoms with Gasteiger partial charge in [-0.25, -0.2) is 0 Å². The largest absolute Gasteiger partial charge is 0.290 e. The fourth-order valence-electron chi connectivity index (χ4n) is 2.16. The lowest BCUT2D eigenvalue weighted by molar-refractivity contribution is 0.319. The zero-order chi connectivity index (χ0) is 11.3. The van der Waals surface area contributed by atoms with E-state index in [1.165, 1.54) is 5.69 Å². The lowest BCUT2D eigenvalue weighted by atomic mass is 10.1. The highest BCUT2D eigenvalue weighted by Gasteiger charge is 2.24. The molecule has 0 aliphatic heterocycles. The Hall–Kier alpha value is -1.08. The molecule has 0 aromatic heterocycles. The maximum atomic E-state index is 3.86. The zero-order valence-electron chi connectivity index (χ0n) is 10.1. The first kappa shape index (κ1) is 12.0. The molecule has 1 rings (SSSR count). The van der Waals surface area contributed by atoms with E-state index in [2.05, 4.69) is 57.8 Å². The van der Waals surface area contributed by atoms with Gasteiger partial charge in [0.1, 0.15) is 12.2 Å². The summed E-state index contributed by atoms with van der Waals surface area (Å²) in [6.45, 7) is 10.5. The third-order valence-corrected chi connectivity index (χ3v) is 2.68. The lowest BCUT2D eigenvalue weighted by Crippen LogP contribution is -2.47. The Kier molecular flexibility index (Phi) is 4.10. The van der Waals surface area contributed by atoms with E-state index in [0.717, 1.165) is 17.6 Å². The lowest BCUT2D eigenvalue weighted by Gasteiger charge is -2.34. The molecule has 15 heavy (non-hydrogen) atoms. The van der Waals surface area contributed by atoms with Gasteiger partial charge in [0.15, 0.2) is 0 Å². The van der Waals surface area contributed by atoms with Gasteiger partial charge in [-0.05, 0) is 18.2 Å². The topological polar surface area (TPSA) is 0 Å². The van der Waals surface area contributed by atoms with Gasteiger partial charge in [-0.2, -0.15) is 0 Å². The Bertz CT molecular complexity index is 302. The smallest absolute Gasteiger partial charge is 0.132 e. The van der Waals surface area contributed by atoms with Crippen molar-refractivity contribution in [1.29, 1.82) is 0 Å². The Morgan fingerprint density at radius 3 is 2.33 bits per heavy atom. The quantitative estimate of drug-likeness (QED) is 0.509. The molecule has 0 bridgehead atoms. The van der Waals surface area contributed by atoms with Crippen LogP contribution < -0.4 is 4.48 Å². The normalized spacial score (nSPS) is 14.9. The van der Waals surface area contributed by atoms with Crippen molar-refractivity contribution in [3.05, 3.63) is 43.0 Å². The molecule has 1 aromatic carbocycles. The molecule has 82 valence electrons. The molecule has 0 aliphatic rings. The second-order valence-corrected chi connectivity index (χ2v) is 4.78. The molecule has 0 saturated heterocycles. The minimum Gasteiger partial charge on any atom is -0.290 e. The summed E-state index contributed by atoms with van der Waals surface area (Å²) in [5.41, 5.74) is 1.37. The number of benzene rings is 1. The first-order chi connectivity index (χ1) is 7.08. The summed E-state index contributed by atoms with van der Waals surface area (Å²) >= 11 is 0. The summed E-state index contributed by atoms with van der Waals surface area (Å²) in [6.07, 6.45) is 2.01. The molecule has 0 heterocycles. The second-order valence-electron chi connectivity index (χ2n) is 4.78. The predicted octanol–water partition coefficient (Wildman–Crippen LogP) is 3.47. The van der Waals surface area contributed by atoms with Gasteiger partial charge < -0.3 is 0 Å². The minimum absolute atomic E-state index is 0.690. The fraction of sp³-hybridized carbons (Fsp3) is 0.429. The van der Waals surface area contributed by atoms with Gasteiger partial charge in [-0.3, -0.25) is 4.48 Å². The van der Waals surface area contributed by atoms with Gasteiger partial charge in [0.2, 0.25) is 0 Å². The Balaban J connectivity index is 2.95. The van der Waals surface area contributed by atoms with Crippen LogP contribution in [-0.2, 0) is 0 Å². The average molecular weight is 204 g/mol. The van der Waals surface area contributed by atoms with Crippen LogP contribution in [0.15, 0.2) is 43.0 Å². The monoisotopic (exact) mass is 204 g/mol. The fourth-order valence-corrected chi connectivity index (χ4v) is 2.16. The number of likely N-dealkylation sites (N-methyl/N-ethyl adjacent to an activating group) is 1. The molecule has 1 nitrogen and oxygen atoms in total. The van der Waals surface area contributed by atoms with Crippen molar-refractivity contribution in [3.63, 3.8) is 0 Å². The summed E-state index contributed by atoms with van der Waals surface area (Å²) < 4.78 is 0.946. The van der Waals surface area contributed by atoms with Crippen molar-refractivity contribution in [2.45, 2.75) is 13.8 Å². The average Bonchev–Trinajstić information content (AvgIpc) is 2.18. The van der Waals surface area contributed by atoms with Crippen LogP contribution in [0.2, 0.25) is 0 Å². The Morgan fingerprint density at radius 2 is 1.87 bits per heavy atom. The van der Waals surface area contributed by atoms with Crippen molar-refractivity contribution in [1.82, 2.24) is 4.48 Å². The van der Waals surface area contributed by atoms with Crippen LogP contribution in [0.5, 0.6) is 0 Å². The van der Waals surface area contributed by atoms with E-state index in [9.17, 15) is 0 Å². The van der Waals surface area contributed by atoms with Crippen molar-refractivity contribution in [2.24, 2.45) is 5.92 Å². The first-order valence-electron chi connectivity index (χ1n) is 5.59. The van der Waals surface area contributed by atoms with Crippen molar-refractivity contribution in [2.75, 3.05) is 20.1 Å². The van der Waals surface area contributed by atoms with Crippen LogP contribution in [0.3, 0.4) is 0 Å². The molecule has 0 unspecified atom stereocenters. The molecule has 1 heteroatoms. The summed E-state index contributed by atoms with van der Waals surface area (Å²) in [7, 11) is 2.27. The number of quaternary nitrogens is 1. The molecule has 1 atom stereocenters. The van der Waals surface area contributed by atoms with E-state index in [1.807, 2.05) is 6.08 Å². The van der Waals surface area contributed by atoms with Crippen LogP contribution in [-0.4, -0.2) is 20.1 Å². The number of hydrogen-bond acceptors (Lipinski definition) is 0. The summed E-state index contributed by atoms with van der Waals surface area (Å²) in [4.78, 5) is 0. The number of nitrogens with zero attached hydrogens (tertiary/aromatic N) is 1. The number of para-hydroxylation sites is 1. The van der Waals surface area contributed by atoms with Gasteiger partial charge in [0.25, 0.3) is 0 Å². The molecule has 0 saturated carbocycles. The van der Waals surface area contributed by atoms with Crippen LogP contribution in [0.4, 0.5) is 5.69 Å². The molecular weight excluding hydrogens is 182 g/mol. The maximum absolute atomic E-state index is 3.86. The van der Waals surface area contributed by atoms with E-state index in [4.69, 9.17) is 0 Å². The SMILES string of the molecule is C=CC[N@@+](C)(CC(C)C)c1ccccc1. The van der Waals surface area contributed by atoms with E-state index in [0.29, 0.717) is 5.92 Å². The summed E-state index contributed by atoms with van der Waals surface area (Å²) in [5, 5.41) is 0. The zero-order valence-corrected chi connectivity index (χ0v) is 10.1. The molecule has 0 amide bonds. The van der Waals surface area contributed by atoms with Gasteiger partial charge in [0.05, 0.1) is 13.6 Å². The predicted molar refractivity (Wildman–Crippen MR) is 68.9 cm³/mol. The maximum Gasteiger partial charge on any atom is 0.132 e. The van der Waals surface area contributed by atoms with Gasteiger partial charge in [0, 0.05) is 5.92 Å². The van der Waals surface area contributed by atoms with Gasteiger partial charge in [-0.15, -0.1) is 0 Å². The molecule has 0 radical (unpaired) electrons. The van der Waals surface area contributed by atoms with Gasteiger partial charge >= 0.3 is 0 Å². The molecule has 0 fully saturated rings. The third kappa shape index (κ3) is 3.21. The molecule has 0 N–H and O–H groups in total. The van der Waals surface area contributed by atoms with E-state index >= 15 is 0 Å². The molecule has 0 aliphatic carbocycles. The highest BCUT2D eigenvalue weighted by molar-refractivity contribution is 5.42.